The molecule has 1 aromatic carbocycles. The lowest BCUT2D eigenvalue weighted by Gasteiger charge is -2.30. The average molecular weight is 334 g/mol. The number of hydrogen-bond donors (Lipinski definition) is 2. The second-order valence-corrected chi connectivity index (χ2v) is 6.84. The van der Waals surface area contributed by atoms with E-state index in [0.29, 0.717) is 17.5 Å². The molecule has 6 nitrogen and oxygen atoms in total. The second kappa shape index (κ2) is 8.24. The van der Waals surface area contributed by atoms with E-state index in [9.17, 15) is 0 Å². The molecule has 0 heterocycles. The highest BCUT2D eigenvalue weighted by atomic mass is 16.5. The maximum Gasteiger partial charge on any atom is 0.193 e. The van der Waals surface area contributed by atoms with Gasteiger partial charge >= 0.3 is 0 Å². The highest BCUT2D eigenvalue weighted by Crippen LogP contribution is 2.38. The van der Waals surface area contributed by atoms with E-state index in [2.05, 4.69) is 29.3 Å². The molecule has 1 aromatic rings. The van der Waals surface area contributed by atoms with Crippen LogP contribution in [0.1, 0.15) is 25.7 Å². The SMILES string of the molecule is COc1ccc(NC(N)=NCC2(CN(C)C)CCCC2)cc1OC. The highest BCUT2D eigenvalue weighted by Gasteiger charge is 2.34. The number of nitrogens with two attached hydrogens (primary N) is 1. The van der Waals surface area contributed by atoms with Gasteiger partial charge in [-0.2, -0.15) is 0 Å². The zero-order valence-corrected chi connectivity index (χ0v) is 15.3. The fourth-order valence-electron chi connectivity index (χ4n) is 3.52. The Kier molecular flexibility index (Phi) is 6.31. The molecule has 0 spiro atoms. The van der Waals surface area contributed by atoms with Gasteiger partial charge in [-0.1, -0.05) is 12.8 Å². The number of nitrogens with one attached hydrogen (secondary N) is 1. The Morgan fingerprint density at radius 1 is 1.21 bits per heavy atom. The van der Waals surface area contributed by atoms with E-state index >= 15 is 0 Å². The minimum Gasteiger partial charge on any atom is -0.493 e. The van der Waals surface area contributed by atoms with Crippen LogP contribution in [0.15, 0.2) is 23.2 Å². The zero-order valence-electron chi connectivity index (χ0n) is 15.3. The maximum absolute atomic E-state index is 6.09. The van der Waals surface area contributed by atoms with Gasteiger partial charge in [0.2, 0.25) is 0 Å². The monoisotopic (exact) mass is 334 g/mol. The molecule has 1 fully saturated rings. The molecule has 1 aliphatic carbocycles. The predicted molar refractivity (Wildman–Crippen MR) is 99.1 cm³/mol. The van der Waals surface area contributed by atoms with Gasteiger partial charge in [-0.25, -0.2) is 0 Å². The van der Waals surface area contributed by atoms with Crippen LogP contribution in [0, 0.1) is 5.41 Å². The third kappa shape index (κ3) is 4.77. The van der Waals surface area contributed by atoms with Crippen LogP contribution < -0.4 is 20.5 Å². The smallest absolute Gasteiger partial charge is 0.193 e. The number of guanidine groups is 1. The summed E-state index contributed by atoms with van der Waals surface area (Å²) in [5, 5.41) is 3.14. The summed E-state index contributed by atoms with van der Waals surface area (Å²) in [6.07, 6.45) is 5.01. The molecule has 1 saturated carbocycles. The van der Waals surface area contributed by atoms with Gasteiger partial charge in [-0.05, 0) is 39.1 Å². The molecule has 0 bridgehead atoms. The van der Waals surface area contributed by atoms with E-state index in [1.54, 1.807) is 14.2 Å². The molecule has 3 N–H and O–H groups in total. The largest absolute Gasteiger partial charge is 0.493 e. The summed E-state index contributed by atoms with van der Waals surface area (Å²) in [4.78, 5) is 6.86. The summed E-state index contributed by atoms with van der Waals surface area (Å²) < 4.78 is 10.6. The highest BCUT2D eigenvalue weighted by molar-refractivity contribution is 5.92. The van der Waals surface area contributed by atoms with E-state index in [1.807, 2.05) is 18.2 Å². The summed E-state index contributed by atoms with van der Waals surface area (Å²) in [6.45, 7) is 1.82. The van der Waals surface area contributed by atoms with Crippen molar-refractivity contribution in [3.8, 4) is 11.5 Å². The standard InChI is InChI=1S/C18H30N4O2/c1-22(2)13-18(9-5-6-10-18)12-20-17(19)21-14-7-8-15(23-3)16(11-14)24-4/h7-8,11H,5-6,9-10,12-13H2,1-4H3,(H3,19,20,21). The van der Waals surface area contributed by atoms with Crippen molar-refractivity contribution in [1.82, 2.24) is 4.90 Å². The van der Waals surface area contributed by atoms with Gasteiger partial charge in [0.25, 0.3) is 0 Å². The van der Waals surface area contributed by atoms with Gasteiger partial charge in [-0.15, -0.1) is 0 Å². The molecule has 0 unspecified atom stereocenters. The first-order valence-electron chi connectivity index (χ1n) is 8.42. The molecule has 0 saturated heterocycles. The lowest BCUT2D eigenvalue weighted by molar-refractivity contribution is 0.210. The molecular weight excluding hydrogens is 304 g/mol. The number of anilines is 1. The van der Waals surface area contributed by atoms with Crippen molar-refractivity contribution in [2.24, 2.45) is 16.1 Å². The lowest BCUT2D eigenvalue weighted by atomic mass is 9.86. The van der Waals surface area contributed by atoms with Crippen LogP contribution in [0.25, 0.3) is 0 Å². The topological polar surface area (TPSA) is 72.1 Å². The Bertz CT molecular complexity index is 566. The van der Waals surface area contributed by atoms with Crippen LogP contribution in [0.5, 0.6) is 11.5 Å². The van der Waals surface area contributed by atoms with Gasteiger partial charge in [0.1, 0.15) is 0 Å². The first-order chi connectivity index (χ1) is 11.5. The third-order valence-electron chi connectivity index (χ3n) is 4.56. The number of benzene rings is 1. The molecule has 0 amide bonds. The third-order valence-corrected chi connectivity index (χ3v) is 4.56. The Labute approximate surface area is 145 Å². The normalized spacial score (nSPS) is 17.1. The summed E-state index contributed by atoms with van der Waals surface area (Å²) >= 11 is 0. The van der Waals surface area contributed by atoms with Crippen molar-refractivity contribution in [2.75, 3.05) is 46.7 Å². The van der Waals surface area contributed by atoms with Gasteiger partial charge in [0.15, 0.2) is 17.5 Å². The van der Waals surface area contributed by atoms with Crippen molar-refractivity contribution in [3.63, 3.8) is 0 Å². The first kappa shape index (κ1) is 18.4. The Balaban J connectivity index is 2.03. The fraction of sp³-hybridized carbons (Fsp3) is 0.611. The van der Waals surface area contributed by atoms with Crippen LogP contribution >= 0.6 is 0 Å². The molecule has 6 heteroatoms. The van der Waals surface area contributed by atoms with Crippen molar-refractivity contribution < 1.29 is 9.47 Å². The first-order valence-corrected chi connectivity index (χ1v) is 8.42. The van der Waals surface area contributed by atoms with Gasteiger partial charge in [0, 0.05) is 30.3 Å². The number of methoxy groups -OCH3 is 2. The minimum atomic E-state index is 0.257. The van der Waals surface area contributed by atoms with E-state index in [1.165, 1.54) is 25.7 Å². The summed E-state index contributed by atoms with van der Waals surface area (Å²) in [7, 11) is 7.47. The number of ether oxygens (including phenoxy) is 2. The van der Waals surface area contributed by atoms with E-state index in [-0.39, 0.29) is 5.41 Å². The summed E-state index contributed by atoms with van der Waals surface area (Å²) in [5.41, 5.74) is 7.18. The number of hydrogen-bond acceptors (Lipinski definition) is 4. The van der Waals surface area contributed by atoms with Gasteiger partial charge < -0.3 is 25.4 Å². The molecule has 0 aromatic heterocycles. The van der Waals surface area contributed by atoms with Crippen LogP contribution in [-0.4, -0.2) is 52.3 Å². The second-order valence-electron chi connectivity index (χ2n) is 6.84. The zero-order chi connectivity index (χ0) is 17.6. The molecule has 1 aliphatic rings. The van der Waals surface area contributed by atoms with Crippen molar-refractivity contribution in [3.05, 3.63) is 18.2 Å². The van der Waals surface area contributed by atoms with Crippen LogP contribution in [0.3, 0.4) is 0 Å². The quantitative estimate of drug-likeness (QED) is 0.592. The van der Waals surface area contributed by atoms with E-state index in [4.69, 9.17) is 15.2 Å². The van der Waals surface area contributed by atoms with Gasteiger partial charge in [0.05, 0.1) is 14.2 Å². The van der Waals surface area contributed by atoms with Crippen LogP contribution in [-0.2, 0) is 0 Å². The molecule has 0 aliphatic heterocycles. The Morgan fingerprint density at radius 3 is 2.46 bits per heavy atom. The minimum absolute atomic E-state index is 0.257. The average Bonchev–Trinajstić information content (AvgIpc) is 3.01. The molecular formula is C18H30N4O2. The molecule has 2 rings (SSSR count). The Morgan fingerprint density at radius 2 is 1.88 bits per heavy atom. The number of nitrogens with zero attached hydrogens (tertiary/aromatic N) is 2. The Hall–Kier alpha value is -1.95. The van der Waals surface area contributed by atoms with Gasteiger partial charge in [-0.3, -0.25) is 4.99 Å². The van der Waals surface area contributed by atoms with E-state index < -0.39 is 0 Å². The van der Waals surface area contributed by atoms with Crippen LogP contribution in [0.4, 0.5) is 5.69 Å². The van der Waals surface area contributed by atoms with Crippen molar-refractivity contribution in [1.29, 1.82) is 0 Å². The lowest BCUT2D eigenvalue weighted by Crippen LogP contribution is -2.35. The summed E-state index contributed by atoms with van der Waals surface area (Å²) in [5.74, 6) is 1.79. The van der Waals surface area contributed by atoms with Crippen molar-refractivity contribution in [2.45, 2.75) is 25.7 Å². The van der Waals surface area contributed by atoms with Crippen LogP contribution in [0.2, 0.25) is 0 Å². The number of rotatable bonds is 7. The van der Waals surface area contributed by atoms with Crippen molar-refractivity contribution >= 4 is 11.6 Å². The predicted octanol–water partition coefficient (Wildman–Crippen LogP) is 2.55. The molecule has 0 atom stereocenters. The maximum atomic E-state index is 6.09. The molecule has 0 radical (unpaired) electrons. The molecule has 24 heavy (non-hydrogen) atoms. The fourth-order valence-corrected chi connectivity index (χ4v) is 3.52. The number of aliphatic imine (C=N–C) groups is 1. The van der Waals surface area contributed by atoms with E-state index in [0.717, 1.165) is 18.8 Å². The summed E-state index contributed by atoms with van der Waals surface area (Å²) in [6, 6.07) is 5.60. The molecule has 134 valence electrons.